The van der Waals surface area contributed by atoms with E-state index < -0.39 is 0 Å². The van der Waals surface area contributed by atoms with Crippen molar-refractivity contribution in [3.8, 4) is 0 Å². The highest BCUT2D eigenvalue weighted by atomic mass is 35.5. The van der Waals surface area contributed by atoms with Crippen LogP contribution in [0.2, 0.25) is 5.28 Å². The zero-order valence-electron chi connectivity index (χ0n) is 10.6. The predicted molar refractivity (Wildman–Crippen MR) is 73.0 cm³/mol. The minimum atomic E-state index is 0.00474. The minimum absolute atomic E-state index is 0.00474. The van der Waals surface area contributed by atoms with Crippen LogP contribution >= 0.6 is 11.6 Å². The average molecular weight is 280 g/mol. The zero-order chi connectivity index (χ0) is 13.0. The van der Waals surface area contributed by atoms with Crippen LogP contribution in [0.4, 0.5) is 11.5 Å². The number of nitrogens with zero attached hydrogens (tertiary/aromatic N) is 5. The largest absolute Gasteiger partial charge is 0.381 e. The van der Waals surface area contributed by atoms with Gasteiger partial charge in [0.25, 0.3) is 0 Å². The molecule has 0 unspecified atom stereocenters. The minimum Gasteiger partial charge on any atom is -0.381 e. The molecule has 19 heavy (non-hydrogen) atoms. The fourth-order valence-corrected chi connectivity index (χ4v) is 3.26. The molecule has 100 valence electrons. The van der Waals surface area contributed by atoms with E-state index in [0.29, 0.717) is 0 Å². The van der Waals surface area contributed by atoms with Gasteiger partial charge in [-0.1, -0.05) is 0 Å². The summed E-state index contributed by atoms with van der Waals surface area (Å²) < 4.78 is 5.49. The molecule has 4 rings (SSSR count). The third-order valence-corrected chi connectivity index (χ3v) is 4.39. The number of guanidine groups is 1. The maximum absolute atomic E-state index is 5.96. The number of rotatable bonds is 0. The lowest BCUT2D eigenvalue weighted by atomic mass is 9.89. The van der Waals surface area contributed by atoms with Gasteiger partial charge in [0.05, 0.1) is 18.3 Å². The van der Waals surface area contributed by atoms with Crippen LogP contribution < -0.4 is 9.80 Å². The van der Waals surface area contributed by atoms with Crippen molar-refractivity contribution in [1.29, 1.82) is 0 Å². The number of anilines is 2. The van der Waals surface area contributed by atoms with Crippen LogP contribution in [0.3, 0.4) is 0 Å². The summed E-state index contributed by atoms with van der Waals surface area (Å²) in [6, 6.07) is 0. The summed E-state index contributed by atoms with van der Waals surface area (Å²) in [6.45, 7) is 2.35. The summed E-state index contributed by atoms with van der Waals surface area (Å²) in [5.74, 6) is 1.83. The lowest BCUT2D eigenvalue weighted by molar-refractivity contribution is 0.0594. The van der Waals surface area contributed by atoms with Gasteiger partial charge in [-0.2, -0.15) is 4.98 Å². The molecule has 0 N–H and O–H groups in total. The third kappa shape index (κ3) is 1.44. The highest BCUT2D eigenvalue weighted by molar-refractivity contribution is 6.28. The Hall–Kier alpha value is -1.40. The molecule has 0 aliphatic carbocycles. The number of aliphatic imine (C=N–C) groups is 1. The summed E-state index contributed by atoms with van der Waals surface area (Å²) in [7, 11) is 1.99. The molecule has 1 aromatic rings. The monoisotopic (exact) mass is 279 g/mol. The Bertz CT molecular complexity index is 569. The van der Waals surface area contributed by atoms with Crippen molar-refractivity contribution < 1.29 is 4.74 Å². The summed E-state index contributed by atoms with van der Waals surface area (Å²) in [6.07, 6.45) is 3.70. The van der Waals surface area contributed by atoms with E-state index in [4.69, 9.17) is 21.3 Å². The van der Waals surface area contributed by atoms with Gasteiger partial charge in [-0.3, -0.25) is 4.90 Å². The fourth-order valence-electron chi connectivity index (χ4n) is 3.13. The third-order valence-electron chi connectivity index (χ3n) is 4.21. The van der Waals surface area contributed by atoms with Gasteiger partial charge in [0.1, 0.15) is 5.69 Å². The van der Waals surface area contributed by atoms with Crippen molar-refractivity contribution in [2.75, 3.05) is 36.6 Å². The van der Waals surface area contributed by atoms with E-state index in [1.54, 1.807) is 6.20 Å². The summed E-state index contributed by atoms with van der Waals surface area (Å²) >= 11 is 5.96. The fraction of sp³-hybridized carbons (Fsp3) is 0.583. The molecule has 0 bridgehead atoms. The molecule has 1 fully saturated rings. The molecule has 3 aliphatic rings. The molecule has 0 amide bonds. The number of fused-ring (bicyclic) bond motifs is 4. The Labute approximate surface area is 116 Å². The van der Waals surface area contributed by atoms with Crippen LogP contribution in [0, 0.1) is 0 Å². The molecular weight excluding hydrogens is 266 g/mol. The average Bonchev–Trinajstić information content (AvgIpc) is 2.90. The lowest BCUT2D eigenvalue weighted by Crippen LogP contribution is -2.53. The van der Waals surface area contributed by atoms with E-state index in [1.807, 2.05) is 11.9 Å². The van der Waals surface area contributed by atoms with Gasteiger partial charge in [0, 0.05) is 20.3 Å². The summed E-state index contributed by atoms with van der Waals surface area (Å²) in [5, 5.41) is 0.280. The molecule has 3 aliphatic heterocycles. The Morgan fingerprint density at radius 3 is 2.95 bits per heavy atom. The first kappa shape index (κ1) is 11.4. The lowest BCUT2D eigenvalue weighted by Gasteiger charge is -2.39. The molecule has 7 heteroatoms. The maximum Gasteiger partial charge on any atom is 0.224 e. The molecule has 1 saturated heterocycles. The van der Waals surface area contributed by atoms with E-state index in [9.17, 15) is 0 Å². The van der Waals surface area contributed by atoms with Gasteiger partial charge >= 0.3 is 0 Å². The van der Waals surface area contributed by atoms with Crippen LogP contribution in [-0.4, -0.2) is 48.3 Å². The molecule has 1 spiro atoms. The Morgan fingerprint density at radius 2 is 2.16 bits per heavy atom. The topological polar surface area (TPSA) is 53.9 Å². The maximum atomic E-state index is 5.96. The highest BCUT2D eigenvalue weighted by Crippen LogP contribution is 2.45. The SMILES string of the molecule is CN1C2=NCC3(CCOCC3)N2c2nc(Cl)ncc21. The van der Waals surface area contributed by atoms with E-state index >= 15 is 0 Å². The molecule has 0 aromatic carbocycles. The van der Waals surface area contributed by atoms with Crippen LogP contribution in [0.25, 0.3) is 0 Å². The first-order valence-electron chi connectivity index (χ1n) is 6.40. The van der Waals surface area contributed by atoms with E-state index in [0.717, 1.165) is 50.1 Å². The summed E-state index contributed by atoms with van der Waals surface area (Å²) in [4.78, 5) is 17.5. The van der Waals surface area contributed by atoms with Gasteiger partial charge in [-0.15, -0.1) is 0 Å². The first-order valence-corrected chi connectivity index (χ1v) is 6.78. The van der Waals surface area contributed by atoms with Crippen molar-refractivity contribution >= 4 is 29.1 Å². The van der Waals surface area contributed by atoms with E-state index in [-0.39, 0.29) is 10.8 Å². The van der Waals surface area contributed by atoms with Crippen molar-refractivity contribution in [2.45, 2.75) is 18.4 Å². The van der Waals surface area contributed by atoms with Crippen molar-refractivity contribution in [1.82, 2.24) is 9.97 Å². The van der Waals surface area contributed by atoms with Gasteiger partial charge in [0.15, 0.2) is 5.82 Å². The van der Waals surface area contributed by atoms with Crippen molar-refractivity contribution in [3.05, 3.63) is 11.5 Å². The van der Waals surface area contributed by atoms with Crippen LogP contribution in [0.5, 0.6) is 0 Å². The van der Waals surface area contributed by atoms with Gasteiger partial charge in [0.2, 0.25) is 11.2 Å². The summed E-state index contributed by atoms with van der Waals surface area (Å²) in [5.41, 5.74) is 0.971. The van der Waals surface area contributed by atoms with E-state index in [1.165, 1.54) is 0 Å². The number of ether oxygens (including phenoxy) is 1. The number of aromatic nitrogens is 2. The number of halogens is 1. The van der Waals surface area contributed by atoms with Crippen LogP contribution in [-0.2, 0) is 4.74 Å². The molecule has 0 radical (unpaired) electrons. The number of hydrogen-bond acceptors (Lipinski definition) is 6. The molecule has 0 atom stereocenters. The molecular formula is C12H14ClN5O. The van der Waals surface area contributed by atoms with Crippen molar-refractivity contribution in [2.24, 2.45) is 4.99 Å². The van der Waals surface area contributed by atoms with E-state index in [2.05, 4.69) is 14.9 Å². The second-order valence-electron chi connectivity index (χ2n) is 5.20. The first-order chi connectivity index (χ1) is 9.21. The smallest absolute Gasteiger partial charge is 0.224 e. The molecule has 4 heterocycles. The Balaban J connectivity index is 1.84. The van der Waals surface area contributed by atoms with Crippen LogP contribution in [0.1, 0.15) is 12.8 Å². The second-order valence-corrected chi connectivity index (χ2v) is 5.53. The standard InChI is InChI=1S/C12H14ClN5O/c1-17-8-6-14-10(13)16-9(8)18-11(17)15-7-12(18)2-4-19-5-3-12/h6H,2-5,7H2,1H3. The quantitative estimate of drug-likeness (QED) is 0.670. The number of hydrogen-bond donors (Lipinski definition) is 0. The van der Waals surface area contributed by atoms with Crippen LogP contribution in [0.15, 0.2) is 11.2 Å². The van der Waals surface area contributed by atoms with Gasteiger partial charge in [-0.25, -0.2) is 9.98 Å². The molecule has 1 aromatic heterocycles. The van der Waals surface area contributed by atoms with Crippen molar-refractivity contribution in [3.63, 3.8) is 0 Å². The highest BCUT2D eigenvalue weighted by Gasteiger charge is 2.51. The predicted octanol–water partition coefficient (Wildman–Crippen LogP) is 1.30. The Morgan fingerprint density at radius 1 is 1.37 bits per heavy atom. The Kier molecular flexibility index (Phi) is 2.29. The normalized spacial score (nSPS) is 23.6. The van der Waals surface area contributed by atoms with Gasteiger partial charge in [-0.05, 0) is 24.4 Å². The molecule has 6 nitrogen and oxygen atoms in total. The second kappa shape index (κ2) is 3.80. The molecule has 0 saturated carbocycles. The van der Waals surface area contributed by atoms with Gasteiger partial charge < -0.3 is 9.64 Å². The zero-order valence-corrected chi connectivity index (χ0v) is 11.4.